The summed E-state index contributed by atoms with van der Waals surface area (Å²) in [6.45, 7) is 3.39. The molecular formula is C21H18ClNO3. The smallest absolute Gasteiger partial charge is 0.191 e. The van der Waals surface area contributed by atoms with Crippen LogP contribution in [0.15, 0.2) is 66.2 Å². The molecule has 0 amide bonds. The Hall–Kier alpha value is -2.43. The number of nitrogens with zero attached hydrogens (tertiary/aromatic N) is 1. The molecule has 3 atom stereocenters. The highest BCUT2D eigenvalue weighted by molar-refractivity contribution is 6.30. The van der Waals surface area contributed by atoms with Crippen molar-refractivity contribution in [1.29, 1.82) is 0 Å². The van der Waals surface area contributed by atoms with Crippen molar-refractivity contribution < 1.29 is 14.4 Å². The molecule has 1 aliphatic heterocycles. The number of ketones is 2. The molecule has 2 aromatic carbocycles. The molecule has 0 spiro atoms. The summed E-state index contributed by atoms with van der Waals surface area (Å²) in [5.41, 5.74) is 0.917. The monoisotopic (exact) mass is 367 g/mol. The number of benzene rings is 2. The van der Waals surface area contributed by atoms with E-state index in [-0.39, 0.29) is 11.6 Å². The van der Waals surface area contributed by atoms with Crippen molar-refractivity contribution in [2.45, 2.75) is 25.5 Å². The molecule has 1 fully saturated rings. The second kappa shape index (κ2) is 6.08. The van der Waals surface area contributed by atoms with Gasteiger partial charge in [0.05, 0.1) is 17.6 Å². The van der Waals surface area contributed by atoms with Crippen molar-refractivity contribution in [3.63, 3.8) is 0 Å². The maximum atomic E-state index is 13.0. The first-order valence-corrected chi connectivity index (χ1v) is 8.85. The number of fused-ring (bicyclic) bond motifs is 1. The summed E-state index contributed by atoms with van der Waals surface area (Å²) in [6.07, 6.45) is 1.40. The molecule has 2 aromatic rings. The Kier molecular flexibility index (Phi) is 3.98. The minimum absolute atomic E-state index is 0.0579. The Morgan fingerprint density at radius 2 is 1.69 bits per heavy atom. The summed E-state index contributed by atoms with van der Waals surface area (Å²) in [5, 5.41) is 2.29. The van der Waals surface area contributed by atoms with E-state index in [1.807, 2.05) is 42.5 Å². The first kappa shape index (κ1) is 17.0. The van der Waals surface area contributed by atoms with E-state index >= 15 is 0 Å². The Bertz CT molecular complexity index is 907. The molecule has 5 heteroatoms. The van der Waals surface area contributed by atoms with Crippen molar-refractivity contribution in [1.82, 2.24) is 0 Å². The summed E-state index contributed by atoms with van der Waals surface area (Å²) in [7, 11) is 0. The normalized spacial score (nSPS) is 28.1. The second-order valence-corrected chi connectivity index (χ2v) is 7.33. The minimum atomic E-state index is -1.23. The number of anilines is 1. The van der Waals surface area contributed by atoms with Gasteiger partial charge in [-0.1, -0.05) is 41.9 Å². The SMILES string of the molecule is CC1=CC(=O)[C@@]2(C)ON(c3ccc(Cl)cc3)[C@@H](c3ccccc3)C2C1=O. The van der Waals surface area contributed by atoms with Crippen LogP contribution in [-0.4, -0.2) is 17.2 Å². The number of hydroxylamine groups is 1. The molecule has 4 nitrogen and oxygen atoms in total. The molecule has 0 N–H and O–H groups in total. The molecule has 0 saturated carbocycles. The molecule has 2 aliphatic rings. The summed E-state index contributed by atoms with van der Waals surface area (Å²) < 4.78 is 0. The van der Waals surface area contributed by atoms with E-state index < -0.39 is 17.6 Å². The maximum absolute atomic E-state index is 13.0. The minimum Gasteiger partial charge on any atom is -0.294 e. The lowest BCUT2D eigenvalue weighted by molar-refractivity contribution is -0.143. The summed E-state index contributed by atoms with van der Waals surface area (Å²) in [5.74, 6) is -0.854. The average Bonchev–Trinajstić information content (AvgIpc) is 2.96. The molecule has 1 saturated heterocycles. The Labute approximate surface area is 157 Å². The van der Waals surface area contributed by atoms with E-state index in [0.29, 0.717) is 10.6 Å². The van der Waals surface area contributed by atoms with Crippen LogP contribution in [0.2, 0.25) is 5.02 Å². The van der Waals surface area contributed by atoms with E-state index in [1.165, 1.54) is 6.08 Å². The fourth-order valence-corrected chi connectivity index (χ4v) is 3.91. The molecule has 26 heavy (non-hydrogen) atoms. The van der Waals surface area contributed by atoms with Gasteiger partial charge in [-0.25, -0.2) is 5.06 Å². The van der Waals surface area contributed by atoms with Crippen molar-refractivity contribution in [3.8, 4) is 0 Å². The van der Waals surface area contributed by atoms with Gasteiger partial charge in [-0.2, -0.15) is 0 Å². The largest absolute Gasteiger partial charge is 0.294 e. The van der Waals surface area contributed by atoms with Gasteiger partial charge in [0.1, 0.15) is 0 Å². The van der Waals surface area contributed by atoms with Crippen LogP contribution in [0.4, 0.5) is 5.69 Å². The number of carbonyl (C=O) groups excluding carboxylic acids is 2. The van der Waals surface area contributed by atoms with Gasteiger partial charge < -0.3 is 0 Å². The quantitative estimate of drug-likeness (QED) is 0.793. The Balaban J connectivity index is 1.89. The summed E-state index contributed by atoms with van der Waals surface area (Å²) in [6, 6.07) is 16.4. The van der Waals surface area contributed by atoms with Gasteiger partial charge in [0.2, 0.25) is 0 Å². The number of allylic oxidation sites excluding steroid dienone is 1. The van der Waals surface area contributed by atoms with Crippen molar-refractivity contribution in [2.24, 2.45) is 5.92 Å². The first-order valence-electron chi connectivity index (χ1n) is 8.47. The van der Waals surface area contributed by atoms with Gasteiger partial charge in [-0.3, -0.25) is 14.4 Å². The third-order valence-electron chi connectivity index (χ3n) is 5.18. The number of hydrogen-bond donors (Lipinski definition) is 0. The zero-order valence-corrected chi connectivity index (χ0v) is 15.2. The van der Waals surface area contributed by atoms with Gasteiger partial charge in [0.15, 0.2) is 17.2 Å². The molecule has 0 radical (unpaired) electrons. The van der Waals surface area contributed by atoms with Crippen LogP contribution in [0.3, 0.4) is 0 Å². The standard InChI is InChI=1S/C21H18ClNO3/c1-13-12-17(24)21(2)18(20(13)25)19(14-6-4-3-5-7-14)23(26-21)16-10-8-15(22)9-11-16/h3-12,18-19H,1-2H3/t18?,19-,21+/m0/s1. The van der Waals surface area contributed by atoms with Gasteiger partial charge >= 0.3 is 0 Å². The number of hydrogen-bond acceptors (Lipinski definition) is 4. The van der Waals surface area contributed by atoms with Crippen LogP contribution in [0.25, 0.3) is 0 Å². The van der Waals surface area contributed by atoms with Gasteiger partial charge in [0, 0.05) is 5.02 Å². The fraction of sp³-hybridized carbons (Fsp3) is 0.238. The van der Waals surface area contributed by atoms with Crippen LogP contribution in [0, 0.1) is 5.92 Å². The number of carbonyl (C=O) groups is 2. The van der Waals surface area contributed by atoms with Crippen LogP contribution in [0.5, 0.6) is 0 Å². The van der Waals surface area contributed by atoms with Crippen LogP contribution >= 0.6 is 11.6 Å². The van der Waals surface area contributed by atoms with E-state index in [1.54, 1.807) is 31.0 Å². The van der Waals surface area contributed by atoms with Gasteiger partial charge in [0.25, 0.3) is 0 Å². The number of Topliss-reactive ketones (excluding diaryl/α,β-unsaturated/α-hetero) is 1. The van der Waals surface area contributed by atoms with E-state index in [4.69, 9.17) is 16.4 Å². The van der Waals surface area contributed by atoms with Crippen LogP contribution < -0.4 is 5.06 Å². The van der Waals surface area contributed by atoms with Crippen LogP contribution in [-0.2, 0) is 14.4 Å². The highest BCUT2D eigenvalue weighted by Crippen LogP contribution is 2.51. The summed E-state index contributed by atoms with van der Waals surface area (Å²) in [4.78, 5) is 31.9. The predicted molar refractivity (Wildman–Crippen MR) is 99.9 cm³/mol. The highest BCUT2D eigenvalue weighted by atomic mass is 35.5. The van der Waals surface area contributed by atoms with E-state index in [0.717, 1.165) is 11.3 Å². The van der Waals surface area contributed by atoms with Crippen molar-refractivity contribution >= 4 is 28.9 Å². The zero-order valence-electron chi connectivity index (χ0n) is 14.5. The summed E-state index contributed by atoms with van der Waals surface area (Å²) >= 11 is 6.01. The average molecular weight is 368 g/mol. The molecule has 0 bridgehead atoms. The van der Waals surface area contributed by atoms with Gasteiger partial charge in [-0.15, -0.1) is 0 Å². The lowest BCUT2D eigenvalue weighted by atomic mass is 9.71. The Morgan fingerprint density at radius 3 is 2.35 bits per heavy atom. The topological polar surface area (TPSA) is 46.6 Å². The molecule has 1 aliphatic carbocycles. The third-order valence-corrected chi connectivity index (χ3v) is 5.43. The molecule has 1 heterocycles. The lowest BCUT2D eigenvalue weighted by Gasteiger charge is -2.30. The van der Waals surface area contributed by atoms with E-state index in [9.17, 15) is 9.59 Å². The predicted octanol–water partition coefficient (Wildman–Crippen LogP) is 4.31. The molecule has 4 rings (SSSR count). The highest BCUT2D eigenvalue weighted by Gasteiger charge is 2.61. The van der Waals surface area contributed by atoms with E-state index in [2.05, 4.69) is 0 Å². The molecule has 132 valence electrons. The van der Waals surface area contributed by atoms with Crippen molar-refractivity contribution in [3.05, 3.63) is 76.8 Å². The number of halogens is 1. The van der Waals surface area contributed by atoms with Crippen LogP contribution in [0.1, 0.15) is 25.5 Å². The van der Waals surface area contributed by atoms with Gasteiger partial charge in [-0.05, 0) is 55.3 Å². The Morgan fingerprint density at radius 1 is 1.04 bits per heavy atom. The first-order chi connectivity index (χ1) is 12.4. The molecule has 1 unspecified atom stereocenters. The zero-order chi connectivity index (χ0) is 18.5. The second-order valence-electron chi connectivity index (χ2n) is 6.89. The van der Waals surface area contributed by atoms with Crippen molar-refractivity contribution in [2.75, 3.05) is 5.06 Å². The fourth-order valence-electron chi connectivity index (χ4n) is 3.78. The molecular weight excluding hydrogens is 350 g/mol. The molecule has 0 aromatic heterocycles. The number of rotatable bonds is 2. The maximum Gasteiger partial charge on any atom is 0.191 e. The lowest BCUT2D eigenvalue weighted by Crippen LogP contribution is -2.48. The third kappa shape index (κ3) is 2.49.